The molecule has 0 radical (unpaired) electrons. The number of ether oxygens (including phenoxy) is 1. The van der Waals surface area contributed by atoms with Crippen LogP contribution in [0.1, 0.15) is 38.2 Å². The van der Waals surface area contributed by atoms with E-state index in [0.29, 0.717) is 24.9 Å². The number of halogens is 1. The molecule has 2 heterocycles. The van der Waals surface area contributed by atoms with Crippen molar-refractivity contribution in [1.29, 1.82) is 0 Å². The van der Waals surface area contributed by atoms with Crippen LogP contribution >= 0.6 is 11.6 Å². The van der Waals surface area contributed by atoms with Crippen molar-refractivity contribution in [3.8, 4) is 11.5 Å². The van der Waals surface area contributed by atoms with Crippen LogP contribution in [-0.4, -0.2) is 58.7 Å². The Morgan fingerprint density at radius 2 is 1.56 bits per heavy atom. The summed E-state index contributed by atoms with van der Waals surface area (Å²) in [6, 6.07) is 3.24. The minimum absolute atomic E-state index is 0.0794. The van der Waals surface area contributed by atoms with Gasteiger partial charge in [-0.1, -0.05) is 23.3 Å². The van der Waals surface area contributed by atoms with E-state index in [1.807, 2.05) is 6.08 Å². The van der Waals surface area contributed by atoms with Crippen LogP contribution in [0.25, 0.3) is 0 Å². The van der Waals surface area contributed by atoms with Crippen molar-refractivity contribution >= 4 is 35.2 Å². The van der Waals surface area contributed by atoms with Crippen LogP contribution in [0.3, 0.4) is 0 Å². The van der Waals surface area contributed by atoms with Crippen LogP contribution < -0.4 is 4.74 Å². The number of phenols is 1. The van der Waals surface area contributed by atoms with Gasteiger partial charge in [0.05, 0.1) is 35.8 Å². The van der Waals surface area contributed by atoms with Crippen molar-refractivity contribution in [2.45, 2.75) is 32.6 Å². The molecular formula is C25H27ClN2O6. The number of hydrogen-bond acceptors (Lipinski definition) is 6. The van der Waals surface area contributed by atoms with Gasteiger partial charge in [-0.2, -0.15) is 0 Å². The van der Waals surface area contributed by atoms with Crippen LogP contribution in [0, 0.1) is 29.6 Å². The topological polar surface area (TPSA) is 104 Å². The van der Waals surface area contributed by atoms with Gasteiger partial charge in [-0.05, 0) is 50.3 Å². The number of phenolic OH excluding ortho intramolecular Hbond substituents is 1. The van der Waals surface area contributed by atoms with Crippen LogP contribution in [0.4, 0.5) is 0 Å². The maximum atomic E-state index is 13.4. The molecular weight excluding hydrogens is 460 g/mol. The number of hydrogen-bond donors (Lipinski definition) is 1. The van der Waals surface area contributed by atoms with E-state index < -0.39 is 29.6 Å². The summed E-state index contributed by atoms with van der Waals surface area (Å²) in [7, 11) is 1.41. The SMILES string of the molecule is CCN1C(=O)C2CC=C3C(CC4C(=O)N(CC)C(=O)C4C3c3cc(Cl)c(O)c(OC)c3)C2C1=O. The molecule has 8 nitrogen and oxygen atoms in total. The molecule has 3 fully saturated rings. The molecule has 4 amide bonds. The molecule has 1 saturated carbocycles. The number of likely N-dealkylation sites (tertiary alicyclic amines) is 2. The smallest absolute Gasteiger partial charge is 0.234 e. The number of methoxy groups -OCH3 is 1. The van der Waals surface area contributed by atoms with Gasteiger partial charge in [0.25, 0.3) is 0 Å². The zero-order chi connectivity index (χ0) is 24.5. The second kappa shape index (κ2) is 8.12. The van der Waals surface area contributed by atoms with E-state index in [2.05, 4.69) is 0 Å². The Hall–Kier alpha value is -2.87. The molecule has 0 bridgehead atoms. The number of fused-ring (bicyclic) bond motifs is 4. The Morgan fingerprint density at radius 1 is 0.941 bits per heavy atom. The molecule has 180 valence electrons. The summed E-state index contributed by atoms with van der Waals surface area (Å²) >= 11 is 6.31. The van der Waals surface area contributed by atoms with Crippen molar-refractivity contribution in [1.82, 2.24) is 9.80 Å². The molecule has 9 heteroatoms. The minimum atomic E-state index is -0.633. The summed E-state index contributed by atoms with van der Waals surface area (Å²) in [6.45, 7) is 4.13. The molecule has 2 saturated heterocycles. The number of carbonyl (C=O) groups excluding carboxylic acids is 4. The predicted molar refractivity (Wildman–Crippen MR) is 122 cm³/mol. The van der Waals surface area contributed by atoms with E-state index in [4.69, 9.17) is 16.3 Å². The molecule has 1 aromatic carbocycles. The molecule has 0 aromatic heterocycles. The van der Waals surface area contributed by atoms with Gasteiger partial charge in [-0.25, -0.2) is 0 Å². The lowest BCUT2D eigenvalue weighted by Crippen LogP contribution is -2.43. The second-order valence-electron chi connectivity index (χ2n) is 9.42. The summed E-state index contributed by atoms with van der Waals surface area (Å²) < 4.78 is 5.30. The molecule has 34 heavy (non-hydrogen) atoms. The van der Waals surface area contributed by atoms with Crippen molar-refractivity contribution in [3.63, 3.8) is 0 Å². The molecule has 0 spiro atoms. The summed E-state index contributed by atoms with van der Waals surface area (Å²) in [6.07, 6.45) is 2.75. The van der Waals surface area contributed by atoms with Crippen LogP contribution in [0.5, 0.6) is 11.5 Å². The average molecular weight is 487 g/mol. The van der Waals surface area contributed by atoms with Crippen LogP contribution in [0.15, 0.2) is 23.8 Å². The van der Waals surface area contributed by atoms with Crippen LogP contribution in [0.2, 0.25) is 5.02 Å². The van der Waals surface area contributed by atoms with Gasteiger partial charge in [0.2, 0.25) is 23.6 Å². The maximum Gasteiger partial charge on any atom is 0.234 e. The highest BCUT2D eigenvalue weighted by atomic mass is 35.5. The number of rotatable bonds is 4. The second-order valence-corrected chi connectivity index (χ2v) is 9.83. The number of amides is 4. The molecule has 1 aromatic rings. The highest BCUT2D eigenvalue weighted by Crippen LogP contribution is 2.58. The summed E-state index contributed by atoms with van der Waals surface area (Å²) in [5.74, 6) is -3.90. The molecule has 6 atom stereocenters. The third kappa shape index (κ3) is 2.97. The number of aromatic hydroxyl groups is 1. The van der Waals surface area contributed by atoms with E-state index in [1.54, 1.807) is 26.0 Å². The molecule has 5 rings (SSSR count). The van der Waals surface area contributed by atoms with E-state index >= 15 is 0 Å². The minimum Gasteiger partial charge on any atom is -0.503 e. The average Bonchev–Trinajstić information content (AvgIpc) is 3.22. The Morgan fingerprint density at radius 3 is 2.18 bits per heavy atom. The third-order valence-corrected chi connectivity index (χ3v) is 8.38. The van der Waals surface area contributed by atoms with Gasteiger partial charge in [0, 0.05) is 19.0 Å². The van der Waals surface area contributed by atoms with Crippen LogP contribution in [-0.2, 0) is 19.2 Å². The number of imide groups is 2. The van der Waals surface area contributed by atoms with E-state index in [9.17, 15) is 24.3 Å². The number of benzene rings is 1. The van der Waals surface area contributed by atoms with E-state index in [0.717, 1.165) is 5.57 Å². The van der Waals surface area contributed by atoms with Gasteiger partial charge < -0.3 is 9.84 Å². The largest absolute Gasteiger partial charge is 0.503 e. The van der Waals surface area contributed by atoms with E-state index in [1.165, 1.54) is 16.9 Å². The fourth-order valence-electron chi connectivity index (χ4n) is 6.65. The Labute approximate surface area is 202 Å². The Kier molecular flexibility index (Phi) is 5.47. The summed E-state index contributed by atoms with van der Waals surface area (Å²) in [4.78, 5) is 55.5. The van der Waals surface area contributed by atoms with Crippen molar-refractivity contribution in [2.24, 2.45) is 29.6 Å². The Bertz CT molecular complexity index is 1150. The lowest BCUT2D eigenvalue weighted by atomic mass is 9.57. The van der Waals surface area contributed by atoms with Gasteiger partial charge in [-0.3, -0.25) is 29.0 Å². The fourth-order valence-corrected chi connectivity index (χ4v) is 6.87. The first-order chi connectivity index (χ1) is 16.2. The zero-order valence-corrected chi connectivity index (χ0v) is 20.0. The molecule has 2 aliphatic heterocycles. The van der Waals surface area contributed by atoms with Gasteiger partial charge in [0.1, 0.15) is 0 Å². The molecule has 1 N–H and O–H groups in total. The fraction of sp³-hybridized carbons (Fsp3) is 0.520. The summed E-state index contributed by atoms with van der Waals surface area (Å²) in [5, 5.41) is 10.3. The van der Waals surface area contributed by atoms with Gasteiger partial charge in [-0.15, -0.1) is 0 Å². The van der Waals surface area contributed by atoms with Crippen molar-refractivity contribution in [2.75, 3.05) is 20.2 Å². The zero-order valence-electron chi connectivity index (χ0n) is 19.3. The Balaban J connectivity index is 1.68. The predicted octanol–water partition coefficient (Wildman–Crippen LogP) is 2.73. The summed E-state index contributed by atoms with van der Waals surface area (Å²) in [5.41, 5.74) is 1.54. The first-order valence-corrected chi connectivity index (χ1v) is 12.1. The highest BCUT2D eigenvalue weighted by Gasteiger charge is 2.61. The van der Waals surface area contributed by atoms with E-state index in [-0.39, 0.29) is 52.6 Å². The van der Waals surface area contributed by atoms with Crippen molar-refractivity contribution in [3.05, 3.63) is 34.4 Å². The normalized spacial score (nSPS) is 32.5. The highest BCUT2D eigenvalue weighted by molar-refractivity contribution is 6.32. The lowest BCUT2D eigenvalue weighted by molar-refractivity contribution is -0.141. The monoisotopic (exact) mass is 486 g/mol. The lowest BCUT2D eigenvalue weighted by Gasteiger charge is -2.44. The third-order valence-electron chi connectivity index (χ3n) is 8.09. The van der Waals surface area contributed by atoms with Gasteiger partial charge in [0.15, 0.2) is 11.5 Å². The quantitative estimate of drug-likeness (QED) is 0.518. The molecule has 4 aliphatic rings. The molecule has 6 unspecified atom stereocenters. The first-order valence-electron chi connectivity index (χ1n) is 11.7. The number of allylic oxidation sites excluding steroid dienone is 2. The number of nitrogens with zero attached hydrogens (tertiary/aromatic N) is 2. The van der Waals surface area contributed by atoms with Gasteiger partial charge >= 0.3 is 0 Å². The van der Waals surface area contributed by atoms with Crippen molar-refractivity contribution < 1.29 is 29.0 Å². The first kappa shape index (κ1) is 22.9. The number of carbonyl (C=O) groups is 4. The standard InChI is InChI=1S/C25H27ClN2O6/c1-4-27-22(30)13-7-6-12-14(19(13)24(27)32)10-15-20(25(33)28(5-2)23(15)31)18(12)11-8-16(26)21(29)17(9-11)34-3/h6,8-9,13-15,18-20,29H,4-5,7,10H2,1-3H3. The molecule has 2 aliphatic carbocycles. The maximum absolute atomic E-state index is 13.4.